The van der Waals surface area contributed by atoms with Crippen LogP contribution in [0.2, 0.25) is 0 Å². The molecule has 4 fully saturated rings. The van der Waals surface area contributed by atoms with Crippen molar-refractivity contribution in [2.75, 3.05) is 13.7 Å². The topological polar surface area (TPSA) is 114 Å². The Kier molecular flexibility index (Phi) is 7.55. The summed E-state index contributed by atoms with van der Waals surface area (Å²) in [5, 5.41) is 15.8. The van der Waals surface area contributed by atoms with E-state index in [1.807, 2.05) is 0 Å². The van der Waals surface area contributed by atoms with Crippen LogP contribution >= 0.6 is 0 Å². The molecule has 4 atom stereocenters. The summed E-state index contributed by atoms with van der Waals surface area (Å²) in [5.41, 5.74) is -0.472. The van der Waals surface area contributed by atoms with Crippen molar-refractivity contribution in [2.45, 2.75) is 90.2 Å². The summed E-state index contributed by atoms with van der Waals surface area (Å²) in [4.78, 5) is 38.4. The van der Waals surface area contributed by atoms with E-state index in [9.17, 15) is 23.9 Å². The summed E-state index contributed by atoms with van der Waals surface area (Å²) in [5.74, 6) is -1.61. The van der Waals surface area contributed by atoms with Gasteiger partial charge in [0.1, 0.15) is 5.75 Å². The van der Waals surface area contributed by atoms with E-state index in [2.05, 4.69) is 17.6 Å². The van der Waals surface area contributed by atoms with Gasteiger partial charge in [-0.25, -0.2) is 4.39 Å². The van der Waals surface area contributed by atoms with E-state index in [-0.39, 0.29) is 58.3 Å². The predicted octanol–water partition coefficient (Wildman–Crippen LogP) is 4.70. The highest BCUT2D eigenvalue weighted by Gasteiger charge is 2.51. The van der Waals surface area contributed by atoms with Gasteiger partial charge in [0, 0.05) is 18.7 Å². The summed E-state index contributed by atoms with van der Waals surface area (Å²) < 4.78 is 26.2. The van der Waals surface area contributed by atoms with Gasteiger partial charge in [-0.3, -0.25) is 14.4 Å². The molecule has 1 aromatic carbocycles. The lowest BCUT2D eigenvalue weighted by Crippen LogP contribution is -2.51. The number of methoxy groups -OCH3 is 1. The molecule has 214 valence electrons. The van der Waals surface area contributed by atoms with Crippen molar-refractivity contribution in [2.24, 2.45) is 28.6 Å². The van der Waals surface area contributed by atoms with Crippen molar-refractivity contribution in [1.29, 1.82) is 0 Å². The molecule has 4 aliphatic carbocycles. The second-order valence-corrected chi connectivity index (χ2v) is 12.9. The molecule has 1 aromatic rings. The number of carboxylic acids is 1. The first-order chi connectivity index (χ1) is 18.5. The Hall–Kier alpha value is -2.84. The fourth-order valence-corrected chi connectivity index (χ4v) is 7.19. The number of carboxylic acid groups (broad SMARTS) is 1. The number of ether oxygens (including phenoxy) is 2. The first-order valence-corrected chi connectivity index (χ1v) is 14.4. The van der Waals surface area contributed by atoms with Crippen molar-refractivity contribution < 1.29 is 33.4 Å². The van der Waals surface area contributed by atoms with Crippen molar-refractivity contribution in [3.63, 3.8) is 0 Å². The minimum absolute atomic E-state index is 0.0152. The number of carbonyl (C=O) groups is 3. The quantitative estimate of drug-likeness (QED) is 0.415. The molecule has 0 aliphatic heterocycles. The Morgan fingerprint density at radius 2 is 1.72 bits per heavy atom. The van der Waals surface area contributed by atoms with E-state index in [0.717, 1.165) is 38.2 Å². The van der Waals surface area contributed by atoms with Gasteiger partial charge in [-0.1, -0.05) is 13.3 Å². The molecule has 3 N–H and O–H groups in total. The van der Waals surface area contributed by atoms with E-state index in [1.54, 1.807) is 6.92 Å². The van der Waals surface area contributed by atoms with Gasteiger partial charge in [0.2, 0.25) is 5.91 Å². The van der Waals surface area contributed by atoms with Gasteiger partial charge >= 0.3 is 5.97 Å². The highest BCUT2D eigenvalue weighted by atomic mass is 19.1. The van der Waals surface area contributed by atoms with Gasteiger partial charge in [0.15, 0.2) is 11.6 Å². The number of fused-ring (bicyclic) bond motifs is 2. The fourth-order valence-electron chi connectivity index (χ4n) is 7.19. The minimum atomic E-state index is -0.833. The van der Waals surface area contributed by atoms with E-state index in [0.29, 0.717) is 32.2 Å². The Bertz CT molecular complexity index is 1130. The zero-order valence-corrected chi connectivity index (χ0v) is 23.2. The Morgan fingerprint density at radius 3 is 2.33 bits per heavy atom. The van der Waals surface area contributed by atoms with E-state index >= 15 is 0 Å². The van der Waals surface area contributed by atoms with Gasteiger partial charge in [0.05, 0.1) is 30.1 Å². The monoisotopic (exact) mass is 544 g/mol. The van der Waals surface area contributed by atoms with Crippen LogP contribution in [0.15, 0.2) is 12.1 Å². The maximum Gasteiger partial charge on any atom is 0.309 e. The maximum atomic E-state index is 14.9. The van der Waals surface area contributed by atoms with Crippen molar-refractivity contribution in [1.82, 2.24) is 10.6 Å². The van der Waals surface area contributed by atoms with Crippen LogP contribution in [0.1, 0.15) is 88.4 Å². The average Bonchev–Trinajstić information content (AvgIpc) is 3.50. The first-order valence-electron chi connectivity index (χ1n) is 14.4. The molecule has 9 heteroatoms. The molecular formula is C30H41FN2O6. The Balaban J connectivity index is 1.28. The summed E-state index contributed by atoms with van der Waals surface area (Å²) in [6.45, 7) is 4.59. The van der Waals surface area contributed by atoms with E-state index < -0.39 is 23.1 Å². The molecule has 2 amide bonds. The summed E-state index contributed by atoms with van der Waals surface area (Å²) in [6.07, 6.45) is 7.84. The lowest BCUT2D eigenvalue weighted by molar-refractivity contribution is -0.150. The normalized spacial score (nSPS) is 32.7. The molecule has 39 heavy (non-hydrogen) atoms. The summed E-state index contributed by atoms with van der Waals surface area (Å²) in [7, 11) is 1.38. The average molecular weight is 545 g/mol. The van der Waals surface area contributed by atoms with Gasteiger partial charge in [-0.15, -0.1) is 0 Å². The molecule has 0 aromatic heterocycles. The molecule has 2 bridgehead atoms. The van der Waals surface area contributed by atoms with E-state index in [1.165, 1.54) is 19.6 Å². The lowest BCUT2D eigenvalue weighted by atomic mass is 9.70. The van der Waals surface area contributed by atoms with Crippen molar-refractivity contribution in [3.05, 3.63) is 23.5 Å². The number of aliphatic carboxylic acids is 1. The molecule has 2 unspecified atom stereocenters. The van der Waals surface area contributed by atoms with Crippen LogP contribution in [0.3, 0.4) is 0 Å². The van der Waals surface area contributed by atoms with Gasteiger partial charge in [-0.05, 0) is 88.0 Å². The molecule has 4 aliphatic rings. The number of nitrogens with one attached hydrogen (secondary N) is 2. The van der Waals surface area contributed by atoms with Crippen LogP contribution in [0.5, 0.6) is 11.5 Å². The second kappa shape index (κ2) is 10.6. The van der Waals surface area contributed by atoms with Crippen LogP contribution in [0.25, 0.3) is 0 Å². The molecule has 8 nitrogen and oxygen atoms in total. The third-order valence-corrected chi connectivity index (χ3v) is 10.1. The predicted molar refractivity (Wildman–Crippen MR) is 142 cm³/mol. The zero-order chi connectivity index (χ0) is 27.9. The smallest absolute Gasteiger partial charge is 0.309 e. The molecule has 0 heterocycles. The molecule has 0 saturated heterocycles. The molecule has 0 spiro atoms. The van der Waals surface area contributed by atoms with Gasteiger partial charge in [-0.2, -0.15) is 0 Å². The number of hydrogen-bond acceptors (Lipinski definition) is 5. The SMILES string of the molecule is COc1cc(F)c(OC2CCC(C)(C(=O)O)CC2)cc1C(=O)NC1[C@H]2CCC(C2)[C@@H]1C(=O)NCC1(C)CCC1. The zero-order valence-electron chi connectivity index (χ0n) is 23.2. The van der Waals surface area contributed by atoms with Gasteiger partial charge < -0.3 is 25.2 Å². The molecular weight excluding hydrogens is 503 g/mol. The highest BCUT2D eigenvalue weighted by Crippen LogP contribution is 2.49. The highest BCUT2D eigenvalue weighted by molar-refractivity contribution is 5.98. The minimum Gasteiger partial charge on any atom is -0.496 e. The van der Waals surface area contributed by atoms with Crippen LogP contribution in [-0.2, 0) is 9.59 Å². The van der Waals surface area contributed by atoms with Crippen LogP contribution in [0.4, 0.5) is 4.39 Å². The second-order valence-electron chi connectivity index (χ2n) is 12.9. The molecule has 4 saturated carbocycles. The van der Waals surface area contributed by atoms with Crippen molar-refractivity contribution in [3.8, 4) is 11.5 Å². The summed E-state index contributed by atoms with van der Waals surface area (Å²) >= 11 is 0. The number of halogens is 1. The Labute approximate surface area is 229 Å². The Morgan fingerprint density at radius 1 is 1.03 bits per heavy atom. The van der Waals surface area contributed by atoms with Crippen LogP contribution < -0.4 is 20.1 Å². The number of hydrogen-bond donors (Lipinski definition) is 3. The third-order valence-electron chi connectivity index (χ3n) is 10.1. The largest absolute Gasteiger partial charge is 0.496 e. The number of amides is 2. The lowest BCUT2D eigenvalue weighted by Gasteiger charge is -2.39. The summed E-state index contributed by atoms with van der Waals surface area (Å²) in [6, 6.07) is 2.24. The van der Waals surface area contributed by atoms with Gasteiger partial charge in [0.25, 0.3) is 5.91 Å². The van der Waals surface area contributed by atoms with Crippen molar-refractivity contribution >= 4 is 17.8 Å². The van der Waals surface area contributed by atoms with E-state index in [4.69, 9.17) is 9.47 Å². The molecule has 0 radical (unpaired) electrons. The third kappa shape index (κ3) is 5.46. The first kappa shape index (κ1) is 27.7. The number of carbonyl (C=O) groups excluding carboxylic acids is 2. The maximum absolute atomic E-state index is 14.9. The van der Waals surface area contributed by atoms with Crippen LogP contribution in [0, 0.1) is 34.4 Å². The van der Waals surface area contributed by atoms with Crippen LogP contribution in [-0.4, -0.2) is 48.7 Å². The standard InChI is InChI=1S/C30H41FN2O6/c1-29(9-4-10-29)16-32-27(35)24-17-5-6-18(13-17)25(24)33-26(34)20-14-23(21(31)15-22(20)38-3)39-19-7-11-30(2,12-8-19)28(36)37/h14-15,17-19,24-25H,4-13,16H2,1-3H3,(H,32,35)(H,33,34)(H,36,37)/t17?,18-,19?,24-,25?,30?/m0/s1. The number of rotatable bonds is 9. The molecule has 5 rings (SSSR count). The fraction of sp³-hybridized carbons (Fsp3) is 0.700. The number of benzene rings is 1.